The Morgan fingerprint density at radius 3 is 2.48 bits per heavy atom. The number of rotatable bonds is 6. The predicted octanol–water partition coefficient (Wildman–Crippen LogP) is 1.78. The third kappa shape index (κ3) is 5.22. The van der Waals surface area contributed by atoms with Crippen LogP contribution in [0.4, 0.5) is 5.69 Å². The molecule has 5 nitrogen and oxygen atoms in total. The molecule has 128 valence electrons. The number of benzene rings is 1. The van der Waals surface area contributed by atoms with E-state index in [0.29, 0.717) is 13.0 Å². The SMILES string of the molecule is CC(NCCC(=O)N(C)C)c1ccc(N2CCC(O)CC2)cc1. The minimum Gasteiger partial charge on any atom is -0.393 e. The smallest absolute Gasteiger partial charge is 0.223 e. The van der Waals surface area contributed by atoms with Gasteiger partial charge in [0.15, 0.2) is 0 Å². The number of amides is 1. The fraction of sp³-hybridized carbons (Fsp3) is 0.611. The van der Waals surface area contributed by atoms with Gasteiger partial charge < -0.3 is 20.2 Å². The first-order chi connectivity index (χ1) is 11.0. The van der Waals surface area contributed by atoms with Crippen LogP contribution in [0.15, 0.2) is 24.3 Å². The lowest BCUT2D eigenvalue weighted by Gasteiger charge is -2.31. The summed E-state index contributed by atoms with van der Waals surface area (Å²) in [6.45, 7) is 4.64. The molecule has 0 bridgehead atoms. The second-order valence-electron chi connectivity index (χ2n) is 6.52. The number of carbonyl (C=O) groups excluding carboxylic acids is 1. The van der Waals surface area contributed by atoms with Gasteiger partial charge in [0.05, 0.1) is 6.10 Å². The predicted molar refractivity (Wildman–Crippen MR) is 93.6 cm³/mol. The number of hydrogen-bond acceptors (Lipinski definition) is 4. The number of aliphatic hydroxyl groups is 1. The lowest BCUT2D eigenvalue weighted by Crippen LogP contribution is -2.35. The summed E-state index contributed by atoms with van der Waals surface area (Å²) < 4.78 is 0. The fourth-order valence-electron chi connectivity index (χ4n) is 2.83. The Labute approximate surface area is 139 Å². The average molecular weight is 319 g/mol. The Balaban J connectivity index is 1.82. The summed E-state index contributed by atoms with van der Waals surface area (Å²) in [7, 11) is 3.56. The van der Waals surface area contributed by atoms with Crippen molar-refractivity contribution in [2.75, 3.05) is 38.6 Å². The van der Waals surface area contributed by atoms with Gasteiger partial charge in [0.1, 0.15) is 0 Å². The molecule has 1 amide bonds. The molecular weight excluding hydrogens is 290 g/mol. The van der Waals surface area contributed by atoms with Crippen LogP contribution in [0.25, 0.3) is 0 Å². The highest BCUT2D eigenvalue weighted by Gasteiger charge is 2.17. The van der Waals surface area contributed by atoms with Crippen LogP contribution in [0, 0.1) is 0 Å². The van der Waals surface area contributed by atoms with Crippen molar-refractivity contribution in [2.24, 2.45) is 0 Å². The standard InChI is InChI=1S/C18H29N3O2/c1-14(19-11-8-18(23)20(2)3)15-4-6-16(7-5-15)21-12-9-17(22)10-13-21/h4-7,14,17,19,22H,8-13H2,1-3H3. The van der Waals surface area contributed by atoms with E-state index >= 15 is 0 Å². The molecule has 1 aliphatic rings. The van der Waals surface area contributed by atoms with E-state index in [1.807, 2.05) is 0 Å². The van der Waals surface area contributed by atoms with Crippen LogP contribution in [-0.2, 0) is 4.79 Å². The summed E-state index contributed by atoms with van der Waals surface area (Å²) in [5.41, 5.74) is 2.44. The van der Waals surface area contributed by atoms with Gasteiger partial charge in [-0.2, -0.15) is 0 Å². The molecule has 1 aromatic carbocycles. The summed E-state index contributed by atoms with van der Waals surface area (Å²) in [5, 5.41) is 13.0. The van der Waals surface area contributed by atoms with E-state index in [1.165, 1.54) is 11.3 Å². The first kappa shape index (κ1) is 17.8. The summed E-state index contributed by atoms with van der Waals surface area (Å²) in [5.74, 6) is 0.146. The van der Waals surface area contributed by atoms with E-state index in [9.17, 15) is 9.90 Å². The van der Waals surface area contributed by atoms with E-state index in [2.05, 4.69) is 41.4 Å². The summed E-state index contributed by atoms with van der Waals surface area (Å²) in [4.78, 5) is 15.5. The Kier molecular flexibility index (Phi) is 6.42. The number of piperidine rings is 1. The van der Waals surface area contributed by atoms with E-state index in [-0.39, 0.29) is 18.1 Å². The van der Waals surface area contributed by atoms with Gasteiger partial charge >= 0.3 is 0 Å². The summed E-state index contributed by atoms with van der Waals surface area (Å²) in [6, 6.07) is 8.81. The van der Waals surface area contributed by atoms with Gasteiger partial charge in [-0.15, -0.1) is 0 Å². The molecule has 1 atom stereocenters. The lowest BCUT2D eigenvalue weighted by atomic mass is 10.0. The molecular formula is C18H29N3O2. The second-order valence-corrected chi connectivity index (χ2v) is 6.52. The molecule has 2 rings (SSSR count). The van der Waals surface area contributed by atoms with Crippen molar-refractivity contribution in [3.8, 4) is 0 Å². The van der Waals surface area contributed by atoms with E-state index in [4.69, 9.17) is 0 Å². The van der Waals surface area contributed by atoms with Crippen molar-refractivity contribution in [1.29, 1.82) is 0 Å². The van der Waals surface area contributed by atoms with Crippen molar-refractivity contribution < 1.29 is 9.90 Å². The Morgan fingerprint density at radius 2 is 1.91 bits per heavy atom. The van der Waals surface area contributed by atoms with Crippen LogP contribution in [0.1, 0.15) is 37.8 Å². The topological polar surface area (TPSA) is 55.8 Å². The van der Waals surface area contributed by atoms with Crippen molar-refractivity contribution in [3.63, 3.8) is 0 Å². The van der Waals surface area contributed by atoms with Gasteiger partial charge in [0.25, 0.3) is 0 Å². The van der Waals surface area contributed by atoms with Gasteiger partial charge in [0.2, 0.25) is 5.91 Å². The van der Waals surface area contributed by atoms with Crippen LogP contribution >= 0.6 is 0 Å². The molecule has 1 aliphatic heterocycles. The van der Waals surface area contributed by atoms with Gasteiger partial charge in [-0.05, 0) is 37.5 Å². The fourth-order valence-corrected chi connectivity index (χ4v) is 2.83. The number of hydrogen-bond donors (Lipinski definition) is 2. The third-order valence-corrected chi connectivity index (χ3v) is 4.51. The third-order valence-electron chi connectivity index (χ3n) is 4.51. The maximum Gasteiger partial charge on any atom is 0.223 e. The monoisotopic (exact) mass is 319 g/mol. The summed E-state index contributed by atoms with van der Waals surface area (Å²) in [6.07, 6.45) is 2.07. The molecule has 0 aromatic heterocycles. The number of nitrogens with zero attached hydrogens (tertiary/aromatic N) is 2. The van der Waals surface area contributed by atoms with E-state index in [0.717, 1.165) is 25.9 Å². The van der Waals surface area contributed by atoms with Gasteiger partial charge in [-0.3, -0.25) is 4.79 Å². The molecule has 0 aliphatic carbocycles. The van der Waals surface area contributed by atoms with Crippen LogP contribution in [0.5, 0.6) is 0 Å². The average Bonchev–Trinajstić information content (AvgIpc) is 2.55. The first-order valence-corrected chi connectivity index (χ1v) is 8.44. The molecule has 23 heavy (non-hydrogen) atoms. The zero-order valence-corrected chi connectivity index (χ0v) is 14.5. The van der Waals surface area contributed by atoms with Crippen LogP contribution in [0.2, 0.25) is 0 Å². The number of anilines is 1. The van der Waals surface area contributed by atoms with Crippen molar-refractivity contribution in [1.82, 2.24) is 10.2 Å². The molecule has 0 spiro atoms. The minimum absolute atomic E-state index is 0.139. The number of nitrogens with one attached hydrogen (secondary N) is 1. The Bertz CT molecular complexity index is 493. The highest BCUT2D eigenvalue weighted by molar-refractivity contribution is 5.75. The lowest BCUT2D eigenvalue weighted by molar-refractivity contribution is -0.128. The number of carbonyl (C=O) groups is 1. The van der Waals surface area contributed by atoms with Crippen molar-refractivity contribution >= 4 is 11.6 Å². The molecule has 5 heteroatoms. The highest BCUT2D eigenvalue weighted by Crippen LogP contribution is 2.22. The zero-order valence-electron chi connectivity index (χ0n) is 14.5. The zero-order chi connectivity index (χ0) is 16.8. The highest BCUT2D eigenvalue weighted by atomic mass is 16.3. The largest absolute Gasteiger partial charge is 0.393 e. The van der Waals surface area contributed by atoms with Crippen LogP contribution < -0.4 is 10.2 Å². The van der Waals surface area contributed by atoms with Crippen LogP contribution in [0.3, 0.4) is 0 Å². The Morgan fingerprint density at radius 1 is 1.30 bits per heavy atom. The number of aliphatic hydroxyl groups excluding tert-OH is 1. The molecule has 0 radical (unpaired) electrons. The molecule has 1 heterocycles. The summed E-state index contributed by atoms with van der Waals surface area (Å²) >= 11 is 0. The molecule has 1 saturated heterocycles. The molecule has 1 unspecified atom stereocenters. The molecule has 0 saturated carbocycles. The van der Waals surface area contributed by atoms with Crippen LogP contribution in [-0.4, -0.2) is 55.7 Å². The van der Waals surface area contributed by atoms with E-state index < -0.39 is 0 Å². The Hall–Kier alpha value is -1.59. The van der Waals surface area contributed by atoms with Gasteiger partial charge in [-0.1, -0.05) is 12.1 Å². The van der Waals surface area contributed by atoms with Crippen molar-refractivity contribution in [3.05, 3.63) is 29.8 Å². The normalized spacial score (nSPS) is 17.1. The first-order valence-electron chi connectivity index (χ1n) is 8.44. The minimum atomic E-state index is -0.139. The van der Waals surface area contributed by atoms with E-state index in [1.54, 1.807) is 19.0 Å². The maximum absolute atomic E-state index is 11.6. The quantitative estimate of drug-likeness (QED) is 0.839. The second kappa shape index (κ2) is 8.31. The van der Waals surface area contributed by atoms with Gasteiger partial charge in [0, 0.05) is 51.9 Å². The molecule has 1 fully saturated rings. The molecule has 2 N–H and O–H groups in total. The molecule has 1 aromatic rings. The maximum atomic E-state index is 11.6. The van der Waals surface area contributed by atoms with Gasteiger partial charge in [-0.25, -0.2) is 0 Å². The van der Waals surface area contributed by atoms with Crippen molar-refractivity contribution in [2.45, 2.75) is 38.3 Å².